The Morgan fingerprint density at radius 2 is 2.06 bits per heavy atom. The number of sulfone groups is 1. The highest BCUT2D eigenvalue weighted by molar-refractivity contribution is 7.95. The molecular weight excluding hydrogens is 240 g/mol. The van der Waals surface area contributed by atoms with Crippen molar-refractivity contribution in [1.29, 1.82) is 10.8 Å². The van der Waals surface area contributed by atoms with E-state index in [-0.39, 0.29) is 9.92 Å². The third-order valence-corrected chi connectivity index (χ3v) is 3.66. The maximum atomic E-state index is 12.0. The molecule has 0 aliphatic heterocycles. The van der Waals surface area contributed by atoms with Gasteiger partial charge in [0.1, 0.15) is 6.20 Å². The third-order valence-electron chi connectivity index (χ3n) is 1.99. The Morgan fingerprint density at radius 3 is 2.47 bits per heavy atom. The molecule has 3 N–H and O–H groups in total. The van der Waals surface area contributed by atoms with Crippen LogP contribution in [0.1, 0.15) is 5.56 Å². The number of nitrogens with one attached hydrogen (secondary N) is 1. The minimum atomic E-state index is -3.77. The molecular formula is C10H11N4O2S+. The van der Waals surface area contributed by atoms with Crippen molar-refractivity contribution in [2.24, 2.45) is 5.11 Å². The van der Waals surface area contributed by atoms with Crippen LogP contribution in [0.25, 0.3) is 0 Å². The summed E-state index contributed by atoms with van der Waals surface area (Å²) in [6, 6.07) is 7.36. The van der Waals surface area contributed by atoms with Gasteiger partial charge >= 0.3 is 0 Å². The SMILES string of the molecule is C[NH2+]/C=C(\N=N)S(=O)(=O)c1ccc(C#N)cc1. The predicted molar refractivity (Wildman–Crippen MR) is 59.4 cm³/mol. The van der Waals surface area contributed by atoms with Gasteiger partial charge < -0.3 is 5.32 Å². The number of nitrogens with two attached hydrogens (primary N) is 1. The van der Waals surface area contributed by atoms with E-state index in [2.05, 4.69) is 5.11 Å². The molecule has 0 aliphatic rings. The van der Waals surface area contributed by atoms with Crippen LogP contribution in [-0.2, 0) is 9.84 Å². The Labute approximate surface area is 99.0 Å². The highest BCUT2D eigenvalue weighted by Crippen LogP contribution is 2.19. The van der Waals surface area contributed by atoms with Crippen LogP contribution in [-0.4, -0.2) is 15.5 Å². The molecule has 0 atom stereocenters. The summed E-state index contributed by atoms with van der Waals surface area (Å²) in [6.07, 6.45) is 1.25. The Balaban J connectivity index is 3.26. The van der Waals surface area contributed by atoms with Gasteiger partial charge in [0, 0.05) is 0 Å². The van der Waals surface area contributed by atoms with Crippen LogP contribution in [0.15, 0.2) is 45.5 Å². The first-order chi connectivity index (χ1) is 8.06. The lowest BCUT2D eigenvalue weighted by atomic mass is 10.2. The maximum Gasteiger partial charge on any atom is 0.234 e. The molecule has 0 amide bonds. The molecule has 88 valence electrons. The molecule has 0 heterocycles. The van der Waals surface area contributed by atoms with Crippen LogP contribution < -0.4 is 5.32 Å². The van der Waals surface area contributed by atoms with Crippen LogP contribution in [0.5, 0.6) is 0 Å². The molecule has 0 radical (unpaired) electrons. The Morgan fingerprint density at radius 1 is 1.47 bits per heavy atom. The van der Waals surface area contributed by atoms with Crippen LogP contribution in [0, 0.1) is 16.9 Å². The van der Waals surface area contributed by atoms with Gasteiger partial charge in [-0.15, -0.1) is 5.11 Å². The molecule has 0 aliphatic carbocycles. The van der Waals surface area contributed by atoms with Crippen molar-refractivity contribution < 1.29 is 13.7 Å². The third kappa shape index (κ3) is 2.75. The summed E-state index contributed by atoms with van der Waals surface area (Å²) in [5.74, 6) is 0. The van der Waals surface area contributed by atoms with E-state index >= 15 is 0 Å². The average molecular weight is 251 g/mol. The van der Waals surface area contributed by atoms with Crippen molar-refractivity contribution in [3.8, 4) is 6.07 Å². The maximum absolute atomic E-state index is 12.0. The zero-order valence-electron chi connectivity index (χ0n) is 9.08. The summed E-state index contributed by atoms with van der Waals surface area (Å²) >= 11 is 0. The van der Waals surface area contributed by atoms with Crippen molar-refractivity contribution in [3.05, 3.63) is 41.1 Å². The van der Waals surface area contributed by atoms with E-state index in [9.17, 15) is 8.42 Å². The van der Waals surface area contributed by atoms with Gasteiger partial charge in [0.2, 0.25) is 14.9 Å². The number of nitriles is 1. The fourth-order valence-electron chi connectivity index (χ4n) is 1.16. The first-order valence-corrected chi connectivity index (χ1v) is 6.17. The lowest BCUT2D eigenvalue weighted by molar-refractivity contribution is -0.556. The highest BCUT2D eigenvalue weighted by atomic mass is 32.2. The molecule has 0 spiro atoms. The quantitative estimate of drug-likeness (QED) is 0.753. The minimum Gasteiger partial charge on any atom is -0.320 e. The normalized spacial score (nSPS) is 11.9. The van der Waals surface area contributed by atoms with Crippen molar-refractivity contribution in [2.75, 3.05) is 7.05 Å². The van der Waals surface area contributed by atoms with Crippen molar-refractivity contribution in [1.82, 2.24) is 0 Å². The van der Waals surface area contributed by atoms with Crippen LogP contribution in [0.3, 0.4) is 0 Å². The summed E-state index contributed by atoms with van der Waals surface area (Å²) in [6.45, 7) is 0. The van der Waals surface area contributed by atoms with Crippen molar-refractivity contribution >= 4 is 9.84 Å². The fraction of sp³-hybridized carbons (Fsp3) is 0.100. The minimum absolute atomic E-state index is 0.0144. The summed E-state index contributed by atoms with van der Waals surface area (Å²) in [5, 5.41) is 12.8. The van der Waals surface area contributed by atoms with Gasteiger partial charge in [-0.3, -0.25) is 0 Å². The number of hydrogen-bond donors (Lipinski definition) is 2. The number of quaternary nitrogens is 1. The molecule has 1 aromatic rings. The molecule has 0 saturated heterocycles. The summed E-state index contributed by atoms with van der Waals surface area (Å²) < 4.78 is 23.9. The van der Waals surface area contributed by atoms with E-state index in [1.54, 1.807) is 7.05 Å². The van der Waals surface area contributed by atoms with E-state index in [0.717, 1.165) is 0 Å². The topological polar surface area (TPSA) is 111 Å². The van der Waals surface area contributed by atoms with Gasteiger partial charge in [0.05, 0.1) is 23.6 Å². The monoisotopic (exact) mass is 251 g/mol. The molecule has 6 nitrogen and oxygen atoms in total. The molecule has 1 rings (SSSR count). The predicted octanol–water partition coefficient (Wildman–Crippen LogP) is 0.355. The summed E-state index contributed by atoms with van der Waals surface area (Å²) in [5.41, 5.74) is 7.23. The average Bonchev–Trinajstić information content (AvgIpc) is 2.35. The zero-order valence-corrected chi connectivity index (χ0v) is 9.90. The summed E-state index contributed by atoms with van der Waals surface area (Å²) in [4.78, 5) is 0.0144. The first kappa shape index (κ1) is 13.0. The van der Waals surface area contributed by atoms with Crippen LogP contribution in [0.4, 0.5) is 0 Å². The number of hydrogen-bond acceptors (Lipinski definition) is 5. The summed E-state index contributed by atoms with van der Waals surface area (Å²) in [7, 11) is -2.13. The van der Waals surface area contributed by atoms with E-state index in [0.29, 0.717) is 5.56 Å². The Bertz CT molecular complexity index is 582. The van der Waals surface area contributed by atoms with Gasteiger partial charge in [-0.2, -0.15) is 5.26 Å². The number of nitrogens with zero attached hydrogens (tertiary/aromatic N) is 2. The van der Waals surface area contributed by atoms with E-state index in [4.69, 9.17) is 10.8 Å². The zero-order chi connectivity index (χ0) is 12.9. The fourth-order valence-corrected chi connectivity index (χ4v) is 2.33. The largest absolute Gasteiger partial charge is 0.320 e. The van der Waals surface area contributed by atoms with E-state index in [1.165, 1.54) is 35.8 Å². The van der Waals surface area contributed by atoms with Crippen LogP contribution >= 0.6 is 0 Å². The van der Waals surface area contributed by atoms with Crippen molar-refractivity contribution in [2.45, 2.75) is 4.90 Å². The van der Waals surface area contributed by atoms with Gasteiger partial charge in [-0.1, -0.05) is 0 Å². The molecule has 0 bridgehead atoms. The smallest absolute Gasteiger partial charge is 0.234 e. The molecule has 0 aromatic heterocycles. The lowest BCUT2D eigenvalue weighted by Crippen LogP contribution is -2.73. The van der Waals surface area contributed by atoms with Gasteiger partial charge in [-0.05, 0) is 24.3 Å². The Hall–Kier alpha value is -2.04. The van der Waals surface area contributed by atoms with Crippen molar-refractivity contribution in [3.63, 3.8) is 0 Å². The number of rotatable bonds is 4. The molecule has 0 fully saturated rings. The van der Waals surface area contributed by atoms with E-state index in [1.807, 2.05) is 6.07 Å². The second kappa shape index (κ2) is 5.34. The lowest BCUT2D eigenvalue weighted by Gasteiger charge is -2.02. The van der Waals surface area contributed by atoms with Gasteiger partial charge in [0.25, 0.3) is 0 Å². The van der Waals surface area contributed by atoms with Gasteiger partial charge in [-0.25, -0.2) is 13.9 Å². The first-order valence-electron chi connectivity index (χ1n) is 4.68. The molecule has 0 saturated carbocycles. The second-order valence-corrected chi connectivity index (χ2v) is 4.99. The second-order valence-electron chi connectivity index (χ2n) is 3.09. The molecule has 17 heavy (non-hydrogen) atoms. The Kier molecular flexibility index (Phi) is 4.09. The number of benzene rings is 1. The van der Waals surface area contributed by atoms with Crippen LogP contribution in [0.2, 0.25) is 0 Å². The van der Waals surface area contributed by atoms with E-state index < -0.39 is 9.84 Å². The standard InChI is InChI=1S/C10H10N4O2S/c1-13-7-10(14-12)17(15,16)9-4-2-8(6-11)3-5-9/h2-5,7,12-13H,1H3/p+1/b10-7+,14-12?. The molecule has 1 aromatic carbocycles. The molecule has 7 heteroatoms. The molecule has 0 unspecified atom stereocenters. The highest BCUT2D eigenvalue weighted by Gasteiger charge is 2.21. The van der Waals surface area contributed by atoms with Gasteiger partial charge in [0.15, 0.2) is 0 Å².